The van der Waals surface area contributed by atoms with Gasteiger partial charge in [-0.2, -0.15) is 0 Å². The van der Waals surface area contributed by atoms with Crippen LogP contribution in [-0.4, -0.2) is 17.4 Å². The van der Waals surface area contributed by atoms with Crippen LogP contribution < -0.4 is 10.6 Å². The number of benzene rings is 1. The Morgan fingerprint density at radius 2 is 2.00 bits per heavy atom. The summed E-state index contributed by atoms with van der Waals surface area (Å²) < 4.78 is 4.95. The molecule has 98 valence electrons. The van der Waals surface area contributed by atoms with Crippen LogP contribution in [0.15, 0.2) is 53.3 Å². The van der Waals surface area contributed by atoms with E-state index in [9.17, 15) is 4.79 Å². The first-order chi connectivity index (χ1) is 9.18. The lowest BCUT2D eigenvalue weighted by Gasteiger charge is -2.22. The first-order valence-corrected chi connectivity index (χ1v) is 6.26. The Morgan fingerprint density at radius 3 is 2.58 bits per heavy atom. The number of amides is 1. The highest BCUT2D eigenvalue weighted by Gasteiger charge is 2.18. The number of furan rings is 1. The Balaban J connectivity index is 2.24. The Morgan fingerprint density at radius 1 is 1.26 bits per heavy atom. The van der Waals surface area contributed by atoms with E-state index < -0.39 is 0 Å². The van der Waals surface area contributed by atoms with Gasteiger partial charge in [0.05, 0.1) is 16.8 Å². The van der Waals surface area contributed by atoms with Gasteiger partial charge in [0.15, 0.2) is 0 Å². The van der Waals surface area contributed by atoms with E-state index in [1.807, 2.05) is 30.3 Å². The van der Waals surface area contributed by atoms with E-state index in [-0.39, 0.29) is 5.91 Å². The Bertz CT molecular complexity index is 552. The second kappa shape index (κ2) is 6.15. The van der Waals surface area contributed by atoms with Gasteiger partial charge in [0, 0.05) is 18.7 Å². The van der Waals surface area contributed by atoms with Crippen LogP contribution in [0, 0.1) is 0 Å². The zero-order valence-electron chi connectivity index (χ0n) is 10.3. The van der Waals surface area contributed by atoms with E-state index >= 15 is 0 Å². The Hall–Kier alpha value is -2.14. The molecule has 0 atom stereocenters. The first kappa shape index (κ1) is 13.3. The largest absolute Gasteiger partial charge is 0.472 e. The van der Waals surface area contributed by atoms with Crippen molar-refractivity contribution in [2.24, 2.45) is 5.73 Å². The minimum Gasteiger partial charge on any atom is -0.472 e. The molecule has 2 rings (SSSR count). The number of thiocarbonyl (C=S) groups is 1. The highest BCUT2D eigenvalue weighted by Crippen LogP contribution is 2.17. The van der Waals surface area contributed by atoms with Gasteiger partial charge in [-0.25, -0.2) is 0 Å². The van der Waals surface area contributed by atoms with E-state index in [2.05, 4.69) is 0 Å². The predicted molar refractivity (Wildman–Crippen MR) is 78.2 cm³/mol. The van der Waals surface area contributed by atoms with Crippen LogP contribution in [-0.2, 0) is 0 Å². The minimum absolute atomic E-state index is 0.129. The predicted octanol–water partition coefficient (Wildman–Crippen LogP) is 2.60. The van der Waals surface area contributed by atoms with E-state index in [4.69, 9.17) is 22.4 Å². The summed E-state index contributed by atoms with van der Waals surface area (Å²) in [5.74, 6) is -0.129. The zero-order valence-corrected chi connectivity index (χ0v) is 11.1. The number of anilines is 1. The van der Waals surface area contributed by atoms with Gasteiger partial charge in [0.1, 0.15) is 6.26 Å². The average molecular weight is 274 g/mol. The van der Waals surface area contributed by atoms with E-state index in [1.165, 1.54) is 12.5 Å². The number of nitrogens with two attached hydrogens (primary N) is 1. The summed E-state index contributed by atoms with van der Waals surface area (Å²) in [6, 6.07) is 11.0. The number of rotatable bonds is 5. The van der Waals surface area contributed by atoms with Gasteiger partial charge >= 0.3 is 0 Å². The quantitative estimate of drug-likeness (QED) is 0.851. The summed E-state index contributed by atoms with van der Waals surface area (Å²) in [5.41, 5.74) is 6.83. The lowest BCUT2D eigenvalue weighted by atomic mass is 10.2. The molecule has 0 aliphatic heterocycles. The van der Waals surface area contributed by atoms with Gasteiger partial charge in [-0.3, -0.25) is 4.79 Å². The molecule has 0 aliphatic carbocycles. The van der Waals surface area contributed by atoms with Gasteiger partial charge in [0.2, 0.25) is 0 Å². The average Bonchev–Trinajstić information content (AvgIpc) is 2.93. The molecule has 0 spiro atoms. The molecule has 0 radical (unpaired) electrons. The van der Waals surface area contributed by atoms with Crippen LogP contribution in [0.3, 0.4) is 0 Å². The molecule has 0 bridgehead atoms. The molecule has 0 fully saturated rings. The second-order valence-corrected chi connectivity index (χ2v) is 4.55. The van der Waals surface area contributed by atoms with Crippen LogP contribution in [0.1, 0.15) is 16.8 Å². The van der Waals surface area contributed by atoms with Crippen molar-refractivity contribution in [3.63, 3.8) is 0 Å². The van der Waals surface area contributed by atoms with E-state index in [1.54, 1.807) is 11.0 Å². The number of nitrogens with zero attached hydrogens (tertiary/aromatic N) is 1. The lowest BCUT2D eigenvalue weighted by Crippen LogP contribution is -2.33. The van der Waals surface area contributed by atoms with Gasteiger partial charge in [-0.15, -0.1) is 0 Å². The molecule has 1 aromatic heterocycles. The molecular weight excluding hydrogens is 260 g/mol. The number of hydrogen-bond acceptors (Lipinski definition) is 3. The van der Waals surface area contributed by atoms with Gasteiger partial charge in [-0.05, 0) is 18.2 Å². The molecule has 0 saturated carbocycles. The fourth-order valence-corrected chi connectivity index (χ4v) is 1.81. The molecule has 1 heterocycles. The van der Waals surface area contributed by atoms with Crippen LogP contribution >= 0.6 is 12.2 Å². The molecule has 0 aliphatic rings. The van der Waals surface area contributed by atoms with Crippen molar-refractivity contribution in [1.82, 2.24) is 0 Å². The van der Waals surface area contributed by atoms with Gasteiger partial charge in [-0.1, -0.05) is 30.4 Å². The molecule has 0 saturated heterocycles. The number of carbonyl (C=O) groups is 1. The molecule has 4 nitrogen and oxygen atoms in total. The first-order valence-electron chi connectivity index (χ1n) is 5.86. The van der Waals surface area contributed by atoms with Gasteiger partial charge < -0.3 is 15.1 Å². The van der Waals surface area contributed by atoms with E-state index in [0.29, 0.717) is 23.5 Å². The fraction of sp³-hybridized carbons (Fsp3) is 0.143. The number of carbonyl (C=O) groups excluding carboxylic acids is 1. The monoisotopic (exact) mass is 274 g/mol. The molecule has 0 unspecified atom stereocenters. The molecule has 5 heteroatoms. The van der Waals surface area contributed by atoms with Crippen LogP contribution in [0.4, 0.5) is 5.69 Å². The van der Waals surface area contributed by atoms with Crippen molar-refractivity contribution >= 4 is 28.8 Å². The zero-order chi connectivity index (χ0) is 13.7. The Labute approximate surface area is 116 Å². The maximum Gasteiger partial charge on any atom is 0.261 e. The summed E-state index contributed by atoms with van der Waals surface area (Å²) in [6.45, 7) is 0.448. The topological polar surface area (TPSA) is 59.5 Å². The molecule has 2 aromatic rings. The highest BCUT2D eigenvalue weighted by atomic mass is 32.1. The van der Waals surface area contributed by atoms with Crippen molar-refractivity contribution < 1.29 is 9.21 Å². The van der Waals surface area contributed by atoms with Crippen molar-refractivity contribution in [3.05, 3.63) is 54.5 Å². The second-order valence-electron chi connectivity index (χ2n) is 4.02. The molecule has 2 N–H and O–H groups in total. The minimum atomic E-state index is -0.129. The van der Waals surface area contributed by atoms with Gasteiger partial charge in [0.25, 0.3) is 5.91 Å². The third-order valence-electron chi connectivity index (χ3n) is 2.66. The highest BCUT2D eigenvalue weighted by molar-refractivity contribution is 7.80. The Kier molecular flexibility index (Phi) is 4.30. The fourth-order valence-electron chi connectivity index (χ4n) is 1.72. The number of para-hydroxylation sites is 1. The standard InChI is InChI=1S/C14H14N2O2S/c15-13(19)6-8-16(12-4-2-1-3-5-12)14(17)11-7-9-18-10-11/h1-5,7,9-10H,6,8H2,(H2,15,19). The maximum atomic E-state index is 12.4. The molecule has 1 amide bonds. The summed E-state index contributed by atoms with van der Waals surface area (Å²) in [5, 5.41) is 0. The summed E-state index contributed by atoms with van der Waals surface area (Å²) >= 11 is 4.87. The summed E-state index contributed by atoms with van der Waals surface area (Å²) in [4.78, 5) is 14.4. The normalized spacial score (nSPS) is 10.1. The maximum absolute atomic E-state index is 12.4. The number of hydrogen-bond donors (Lipinski definition) is 1. The molecule has 1 aromatic carbocycles. The third-order valence-corrected chi connectivity index (χ3v) is 2.87. The summed E-state index contributed by atoms with van der Waals surface area (Å²) in [6.07, 6.45) is 3.39. The summed E-state index contributed by atoms with van der Waals surface area (Å²) in [7, 11) is 0. The molecule has 19 heavy (non-hydrogen) atoms. The van der Waals surface area contributed by atoms with E-state index in [0.717, 1.165) is 5.69 Å². The van der Waals surface area contributed by atoms with Crippen molar-refractivity contribution in [2.45, 2.75) is 6.42 Å². The van der Waals surface area contributed by atoms with Crippen molar-refractivity contribution in [1.29, 1.82) is 0 Å². The van der Waals surface area contributed by atoms with Crippen molar-refractivity contribution in [2.75, 3.05) is 11.4 Å². The van der Waals surface area contributed by atoms with Crippen molar-refractivity contribution in [3.8, 4) is 0 Å². The smallest absolute Gasteiger partial charge is 0.261 e. The molecular formula is C14H14N2O2S. The SMILES string of the molecule is NC(=S)CCN(C(=O)c1ccoc1)c1ccccc1. The third kappa shape index (κ3) is 3.42. The lowest BCUT2D eigenvalue weighted by molar-refractivity contribution is 0.0987. The van der Waals surface area contributed by atoms with Crippen LogP contribution in [0.2, 0.25) is 0 Å². The van der Waals surface area contributed by atoms with Crippen LogP contribution in [0.25, 0.3) is 0 Å². The van der Waals surface area contributed by atoms with Crippen LogP contribution in [0.5, 0.6) is 0 Å².